The van der Waals surface area contributed by atoms with Crippen LogP contribution in [0, 0.1) is 0 Å². The fourth-order valence-corrected chi connectivity index (χ4v) is 3.45. The maximum absolute atomic E-state index is 12.3. The van der Waals surface area contributed by atoms with Crippen molar-refractivity contribution in [3.05, 3.63) is 90.3 Å². The lowest BCUT2D eigenvalue weighted by Crippen LogP contribution is -2.36. The summed E-state index contributed by atoms with van der Waals surface area (Å²) in [5, 5.41) is 12.3. The minimum Gasteiger partial charge on any atom is -0.478 e. The first kappa shape index (κ1) is 29.8. The predicted molar refractivity (Wildman–Crippen MR) is 146 cm³/mol. The molecule has 0 radical (unpaired) electrons. The van der Waals surface area contributed by atoms with Gasteiger partial charge in [0.15, 0.2) is 0 Å². The van der Waals surface area contributed by atoms with Crippen molar-refractivity contribution >= 4 is 11.9 Å². The molecule has 2 unspecified atom stereocenters. The van der Waals surface area contributed by atoms with Gasteiger partial charge in [-0.3, -0.25) is 9.78 Å². The van der Waals surface area contributed by atoms with Gasteiger partial charge in [0.25, 0.3) is 0 Å². The number of carbonyl (C=O) groups excluding carboxylic acids is 1. The minimum atomic E-state index is -1.00. The smallest absolute Gasteiger partial charge is 0.337 e. The van der Waals surface area contributed by atoms with Gasteiger partial charge in [-0.05, 0) is 63.5 Å². The zero-order valence-electron chi connectivity index (χ0n) is 21.5. The summed E-state index contributed by atoms with van der Waals surface area (Å²) in [6.45, 7) is 5.96. The number of hydrogen-bond donors (Lipinski definition) is 2. The van der Waals surface area contributed by atoms with Gasteiger partial charge in [0.2, 0.25) is 5.91 Å². The highest BCUT2D eigenvalue weighted by Crippen LogP contribution is 2.22. The fourth-order valence-electron chi connectivity index (χ4n) is 3.45. The Labute approximate surface area is 211 Å². The normalized spacial score (nSPS) is 14.0. The van der Waals surface area contributed by atoms with E-state index in [9.17, 15) is 14.7 Å². The van der Waals surface area contributed by atoms with Crippen LogP contribution in [0.15, 0.2) is 79.2 Å². The van der Waals surface area contributed by atoms with Gasteiger partial charge in [-0.25, -0.2) is 4.79 Å². The molecule has 0 aliphatic rings. The first-order valence-electron chi connectivity index (χ1n) is 12.7. The Morgan fingerprint density at radius 3 is 2.00 bits per heavy atom. The molecule has 2 N–H and O–H groups in total. The SMILES string of the molecule is CC/C=C\C/C=C\C/C=C\C/C=C\C/C=C\CCCC(=O)NC(C)C(C)c1ccncc1C(=O)O. The van der Waals surface area contributed by atoms with Gasteiger partial charge >= 0.3 is 5.97 Å². The molecule has 2 atom stereocenters. The molecule has 35 heavy (non-hydrogen) atoms. The summed E-state index contributed by atoms with van der Waals surface area (Å²) in [5.74, 6) is -1.14. The molecule has 1 amide bonds. The number of pyridine rings is 1. The Kier molecular flexibility index (Phi) is 16.3. The summed E-state index contributed by atoms with van der Waals surface area (Å²) in [7, 11) is 0. The van der Waals surface area contributed by atoms with Crippen molar-refractivity contribution in [3.8, 4) is 0 Å². The summed E-state index contributed by atoms with van der Waals surface area (Å²) in [5.41, 5.74) is 0.860. The lowest BCUT2D eigenvalue weighted by Gasteiger charge is -2.22. The first-order chi connectivity index (χ1) is 17.0. The lowest BCUT2D eigenvalue weighted by atomic mass is 9.91. The van der Waals surface area contributed by atoms with Crippen LogP contribution in [0.3, 0.4) is 0 Å². The number of carbonyl (C=O) groups is 2. The molecular weight excluding hydrogens is 436 g/mol. The Morgan fingerprint density at radius 2 is 1.46 bits per heavy atom. The number of aromatic carboxylic acids is 1. The second-order valence-electron chi connectivity index (χ2n) is 8.51. The number of nitrogens with one attached hydrogen (secondary N) is 1. The largest absolute Gasteiger partial charge is 0.478 e. The Bertz CT molecular complexity index is 897. The first-order valence-corrected chi connectivity index (χ1v) is 12.7. The zero-order valence-corrected chi connectivity index (χ0v) is 21.5. The van der Waals surface area contributed by atoms with E-state index in [-0.39, 0.29) is 23.4 Å². The zero-order chi connectivity index (χ0) is 25.7. The molecule has 0 fully saturated rings. The molecule has 5 nitrogen and oxygen atoms in total. The van der Waals surface area contributed by atoms with Crippen molar-refractivity contribution in [2.75, 3.05) is 0 Å². The Hall–Kier alpha value is -3.21. The van der Waals surface area contributed by atoms with Gasteiger partial charge < -0.3 is 10.4 Å². The van der Waals surface area contributed by atoms with Crippen LogP contribution in [0.2, 0.25) is 0 Å². The molecule has 1 rings (SSSR count). The van der Waals surface area contributed by atoms with Crippen molar-refractivity contribution in [3.63, 3.8) is 0 Å². The average molecular weight is 479 g/mol. The molecule has 190 valence electrons. The van der Waals surface area contributed by atoms with E-state index in [0.29, 0.717) is 12.0 Å². The van der Waals surface area contributed by atoms with Crippen LogP contribution in [0.4, 0.5) is 0 Å². The molecule has 1 aromatic heterocycles. The van der Waals surface area contributed by atoms with Gasteiger partial charge in [-0.2, -0.15) is 0 Å². The molecule has 0 aliphatic heterocycles. The second kappa shape index (κ2) is 19.1. The molecule has 1 aromatic rings. The van der Waals surface area contributed by atoms with Crippen molar-refractivity contribution in [1.82, 2.24) is 10.3 Å². The third kappa shape index (κ3) is 13.9. The number of carboxylic acid groups (broad SMARTS) is 1. The molecule has 0 spiro atoms. The highest BCUT2D eigenvalue weighted by Gasteiger charge is 2.21. The monoisotopic (exact) mass is 478 g/mol. The average Bonchev–Trinajstić information content (AvgIpc) is 2.85. The molecule has 0 aromatic carbocycles. The van der Waals surface area contributed by atoms with Crippen LogP contribution < -0.4 is 5.32 Å². The predicted octanol–water partition coefficient (Wildman–Crippen LogP) is 7.31. The summed E-state index contributed by atoms with van der Waals surface area (Å²) in [4.78, 5) is 27.6. The number of carboxylic acids is 1. The van der Waals surface area contributed by atoms with Crippen molar-refractivity contribution in [1.29, 1.82) is 0 Å². The number of amides is 1. The third-order valence-electron chi connectivity index (χ3n) is 5.65. The lowest BCUT2D eigenvalue weighted by molar-refractivity contribution is -0.121. The standard InChI is InChI=1S/C30H42N2O3/c1-4-5-6-7-8-9-10-11-12-13-14-15-16-17-18-19-20-21-29(33)32-26(3)25(2)27-22-23-31-24-28(27)30(34)35/h5-6,8-9,11-12,14-15,17-18,22-26H,4,7,10,13,16,19-21H2,1-3H3,(H,32,33)(H,34,35)/b6-5-,9-8-,12-11-,15-14-,18-17-. The van der Waals surface area contributed by atoms with Gasteiger partial charge in [0, 0.05) is 30.8 Å². The summed E-state index contributed by atoms with van der Waals surface area (Å²) in [6, 6.07) is 1.54. The van der Waals surface area contributed by atoms with Crippen molar-refractivity contribution in [2.24, 2.45) is 0 Å². The van der Waals surface area contributed by atoms with E-state index in [0.717, 1.165) is 44.9 Å². The van der Waals surface area contributed by atoms with Crippen LogP contribution in [-0.2, 0) is 4.79 Å². The van der Waals surface area contributed by atoms with E-state index in [1.165, 1.54) is 6.20 Å². The van der Waals surface area contributed by atoms with Crippen LogP contribution >= 0.6 is 0 Å². The number of hydrogen-bond acceptors (Lipinski definition) is 3. The second-order valence-corrected chi connectivity index (χ2v) is 8.51. The van der Waals surface area contributed by atoms with Crippen LogP contribution in [0.5, 0.6) is 0 Å². The van der Waals surface area contributed by atoms with E-state index in [2.05, 4.69) is 78.0 Å². The van der Waals surface area contributed by atoms with E-state index < -0.39 is 5.97 Å². The van der Waals surface area contributed by atoms with Gasteiger partial charge in [0.05, 0.1) is 5.56 Å². The van der Waals surface area contributed by atoms with E-state index in [4.69, 9.17) is 0 Å². The molecule has 5 heteroatoms. The van der Waals surface area contributed by atoms with Crippen molar-refractivity contribution in [2.45, 2.75) is 84.1 Å². The van der Waals surface area contributed by atoms with Crippen LogP contribution in [0.1, 0.15) is 94.0 Å². The maximum atomic E-state index is 12.3. The molecule has 1 heterocycles. The van der Waals surface area contributed by atoms with Gasteiger partial charge in [-0.15, -0.1) is 0 Å². The summed E-state index contributed by atoms with van der Waals surface area (Å²) in [6.07, 6.45) is 31.7. The molecule has 0 aliphatic carbocycles. The topological polar surface area (TPSA) is 79.3 Å². The fraction of sp³-hybridized carbons (Fsp3) is 0.433. The molecule has 0 bridgehead atoms. The summed E-state index contributed by atoms with van der Waals surface area (Å²) < 4.78 is 0. The summed E-state index contributed by atoms with van der Waals surface area (Å²) >= 11 is 0. The highest BCUT2D eigenvalue weighted by molar-refractivity contribution is 5.89. The van der Waals surface area contributed by atoms with Gasteiger partial charge in [0.1, 0.15) is 0 Å². The number of rotatable bonds is 17. The van der Waals surface area contributed by atoms with Gasteiger partial charge in [-0.1, -0.05) is 74.6 Å². The number of allylic oxidation sites excluding steroid dienone is 10. The Morgan fingerprint density at radius 1 is 0.914 bits per heavy atom. The van der Waals surface area contributed by atoms with Crippen LogP contribution in [0.25, 0.3) is 0 Å². The number of unbranched alkanes of at least 4 members (excludes halogenated alkanes) is 1. The maximum Gasteiger partial charge on any atom is 0.337 e. The van der Waals surface area contributed by atoms with E-state index >= 15 is 0 Å². The van der Waals surface area contributed by atoms with E-state index in [1.54, 1.807) is 12.3 Å². The van der Waals surface area contributed by atoms with Crippen molar-refractivity contribution < 1.29 is 14.7 Å². The number of nitrogens with zero attached hydrogens (tertiary/aromatic N) is 1. The minimum absolute atomic E-state index is 0.0115. The van der Waals surface area contributed by atoms with E-state index in [1.807, 2.05) is 13.8 Å². The highest BCUT2D eigenvalue weighted by atomic mass is 16.4. The number of aromatic nitrogens is 1. The molecule has 0 saturated heterocycles. The molecular formula is C30H42N2O3. The van der Waals surface area contributed by atoms with Crippen LogP contribution in [-0.4, -0.2) is 28.0 Å². The molecule has 0 saturated carbocycles. The quantitative estimate of drug-likeness (QED) is 0.182. The third-order valence-corrected chi connectivity index (χ3v) is 5.65. The Balaban J connectivity index is 2.18.